The molecule has 100 valence electrons. The summed E-state index contributed by atoms with van der Waals surface area (Å²) in [6, 6.07) is 7.13. The van der Waals surface area contributed by atoms with Gasteiger partial charge < -0.3 is 15.6 Å². The average Bonchev–Trinajstić information content (AvgIpc) is 2.85. The lowest BCUT2D eigenvalue weighted by atomic mass is 10.2. The Morgan fingerprint density at radius 3 is 2.74 bits per heavy atom. The molecule has 1 amide bonds. The first kappa shape index (κ1) is 13.1. The molecule has 5 nitrogen and oxygen atoms in total. The van der Waals surface area contributed by atoms with Gasteiger partial charge in [-0.25, -0.2) is 4.98 Å². The van der Waals surface area contributed by atoms with Crippen molar-refractivity contribution >= 4 is 11.6 Å². The zero-order valence-electron chi connectivity index (χ0n) is 11.0. The molecular weight excluding hydrogens is 240 g/mol. The highest BCUT2D eigenvalue weighted by Crippen LogP contribution is 2.11. The topological polar surface area (TPSA) is 72.9 Å². The monoisotopic (exact) mass is 258 g/mol. The van der Waals surface area contributed by atoms with Crippen molar-refractivity contribution < 1.29 is 4.79 Å². The van der Waals surface area contributed by atoms with Gasteiger partial charge in [0.2, 0.25) is 5.91 Å². The van der Waals surface area contributed by atoms with Gasteiger partial charge in [0.05, 0.1) is 18.6 Å². The Morgan fingerprint density at radius 1 is 1.37 bits per heavy atom. The number of rotatable bonds is 6. The summed E-state index contributed by atoms with van der Waals surface area (Å²) in [7, 11) is 0. The van der Waals surface area contributed by atoms with Gasteiger partial charge in [-0.1, -0.05) is 6.92 Å². The number of carbonyl (C=O) groups is 1. The fraction of sp³-hybridized carbons (Fsp3) is 0.286. The zero-order valence-corrected chi connectivity index (χ0v) is 11.0. The van der Waals surface area contributed by atoms with E-state index in [0.717, 1.165) is 24.3 Å². The fourth-order valence-electron chi connectivity index (χ4n) is 1.88. The van der Waals surface area contributed by atoms with E-state index in [-0.39, 0.29) is 0 Å². The Kier molecular flexibility index (Phi) is 4.18. The highest BCUT2D eigenvalue weighted by molar-refractivity contribution is 5.93. The van der Waals surface area contributed by atoms with Crippen molar-refractivity contribution in [3.05, 3.63) is 48.0 Å². The maximum Gasteiger partial charge on any atom is 0.248 e. The molecule has 3 N–H and O–H groups in total. The first-order valence-corrected chi connectivity index (χ1v) is 6.33. The molecule has 1 heterocycles. The van der Waals surface area contributed by atoms with Crippen LogP contribution in [0.25, 0.3) is 0 Å². The van der Waals surface area contributed by atoms with E-state index in [4.69, 9.17) is 5.73 Å². The molecule has 0 saturated carbocycles. The van der Waals surface area contributed by atoms with Crippen LogP contribution in [0.2, 0.25) is 0 Å². The number of nitrogens with zero attached hydrogens (tertiary/aromatic N) is 2. The van der Waals surface area contributed by atoms with Crippen LogP contribution in [-0.2, 0) is 13.1 Å². The second-order valence-electron chi connectivity index (χ2n) is 4.37. The smallest absolute Gasteiger partial charge is 0.248 e. The van der Waals surface area contributed by atoms with Gasteiger partial charge in [0, 0.05) is 24.0 Å². The van der Waals surface area contributed by atoms with E-state index in [1.54, 1.807) is 12.1 Å². The van der Waals surface area contributed by atoms with Gasteiger partial charge in [-0.3, -0.25) is 4.79 Å². The largest absolute Gasteiger partial charge is 0.379 e. The normalized spacial score (nSPS) is 10.4. The van der Waals surface area contributed by atoms with Gasteiger partial charge in [0.25, 0.3) is 0 Å². The molecule has 0 radical (unpaired) electrons. The lowest BCUT2D eigenvalue weighted by Gasteiger charge is -2.09. The summed E-state index contributed by atoms with van der Waals surface area (Å²) in [4.78, 5) is 15.1. The summed E-state index contributed by atoms with van der Waals surface area (Å²) in [6.07, 6.45) is 4.79. The summed E-state index contributed by atoms with van der Waals surface area (Å²) < 4.78 is 2.13. The van der Waals surface area contributed by atoms with Crippen LogP contribution in [0.4, 0.5) is 5.69 Å². The summed E-state index contributed by atoms with van der Waals surface area (Å²) in [6.45, 7) is 3.81. The molecule has 0 saturated heterocycles. The minimum Gasteiger partial charge on any atom is -0.379 e. The van der Waals surface area contributed by atoms with E-state index in [1.807, 2.05) is 24.7 Å². The molecule has 0 aliphatic rings. The first-order valence-electron chi connectivity index (χ1n) is 6.33. The predicted octanol–water partition coefficient (Wildman–Crippen LogP) is 2.00. The van der Waals surface area contributed by atoms with Crippen molar-refractivity contribution in [2.24, 2.45) is 5.73 Å². The molecule has 0 aliphatic heterocycles. The molecule has 19 heavy (non-hydrogen) atoms. The SMILES string of the molecule is CCCn1cncc1CNc1ccc(C(N)=O)cc1. The number of hydrogen-bond acceptors (Lipinski definition) is 3. The molecule has 5 heteroatoms. The number of aromatic nitrogens is 2. The lowest BCUT2D eigenvalue weighted by Crippen LogP contribution is -2.11. The van der Waals surface area contributed by atoms with E-state index in [9.17, 15) is 4.79 Å². The maximum atomic E-state index is 11.0. The third-order valence-electron chi connectivity index (χ3n) is 2.91. The number of nitrogens with one attached hydrogen (secondary N) is 1. The number of hydrogen-bond donors (Lipinski definition) is 2. The maximum absolute atomic E-state index is 11.0. The Hall–Kier alpha value is -2.30. The van der Waals surface area contributed by atoms with Crippen molar-refractivity contribution in [3.8, 4) is 0 Å². The molecule has 2 aromatic rings. The lowest BCUT2D eigenvalue weighted by molar-refractivity contribution is 0.100. The third-order valence-corrected chi connectivity index (χ3v) is 2.91. The molecule has 0 spiro atoms. The number of benzene rings is 1. The standard InChI is InChI=1S/C14H18N4O/c1-2-7-18-10-16-8-13(18)9-17-12-5-3-11(4-6-12)14(15)19/h3-6,8,10,17H,2,7,9H2,1H3,(H2,15,19). The van der Waals surface area contributed by atoms with Gasteiger partial charge in [-0.15, -0.1) is 0 Å². The molecule has 0 unspecified atom stereocenters. The molecule has 0 fully saturated rings. The van der Waals surface area contributed by atoms with Gasteiger partial charge >= 0.3 is 0 Å². The molecule has 1 aromatic heterocycles. The van der Waals surface area contributed by atoms with Crippen molar-refractivity contribution in [1.82, 2.24) is 9.55 Å². The molecule has 0 atom stereocenters. The predicted molar refractivity (Wildman–Crippen MR) is 74.8 cm³/mol. The van der Waals surface area contributed by atoms with Gasteiger partial charge in [-0.2, -0.15) is 0 Å². The van der Waals surface area contributed by atoms with E-state index in [1.165, 1.54) is 0 Å². The molecule has 1 aromatic carbocycles. The summed E-state index contributed by atoms with van der Waals surface area (Å²) in [5.74, 6) is -0.410. The van der Waals surface area contributed by atoms with E-state index in [2.05, 4.69) is 21.8 Å². The third kappa shape index (κ3) is 3.34. The molecular formula is C14H18N4O. The van der Waals surface area contributed by atoms with Crippen molar-refractivity contribution in [3.63, 3.8) is 0 Å². The Bertz CT molecular complexity index is 545. The number of primary amides is 1. The molecule has 0 aliphatic carbocycles. The highest BCUT2D eigenvalue weighted by atomic mass is 16.1. The number of aryl methyl sites for hydroxylation is 1. The highest BCUT2D eigenvalue weighted by Gasteiger charge is 2.02. The quantitative estimate of drug-likeness (QED) is 0.832. The zero-order chi connectivity index (χ0) is 13.7. The summed E-state index contributed by atoms with van der Waals surface area (Å²) in [5.41, 5.74) is 7.81. The molecule has 0 bridgehead atoms. The van der Waals surface area contributed by atoms with Crippen molar-refractivity contribution in [2.75, 3.05) is 5.32 Å². The number of amides is 1. The Labute approximate surface area is 112 Å². The summed E-state index contributed by atoms with van der Waals surface area (Å²) >= 11 is 0. The number of imidazole rings is 1. The average molecular weight is 258 g/mol. The van der Waals surface area contributed by atoms with Crippen LogP contribution in [0, 0.1) is 0 Å². The first-order chi connectivity index (χ1) is 9.20. The Balaban J connectivity index is 1.98. The van der Waals surface area contributed by atoms with Crippen LogP contribution in [0.15, 0.2) is 36.8 Å². The van der Waals surface area contributed by atoms with E-state index in [0.29, 0.717) is 12.1 Å². The fourth-order valence-corrected chi connectivity index (χ4v) is 1.88. The van der Waals surface area contributed by atoms with Crippen LogP contribution in [0.5, 0.6) is 0 Å². The van der Waals surface area contributed by atoms with Gasteiger partial charge in [-0.05, 0) is 30.7 Å². The second-order valence-corrected chi connectivity index (χ2v) is 4.37. The second kappa shape index (κ2) is 6.04. The minimum atomic E-state index is -0.410. The number of anilines is 1. The number of carbonyl (C=O) groups excluding carboxylic acids is 1. The van der Waals surface area contributed by atoms with Crippen LogP contribution in [0.3, 0.4) is 0 Å². The minimum absolute atomic E-state index is 0.410. The van der Waals surface area contributed by atoms with Gasteiger partial charge in [0.1, 0.15) is 0 Å². The van der Waals surface area contributed by atoms with Crippen LogP contribution in [0.1, 0.15) is 29.4 Å². The Morgan fingerprint density at radius 2 is 2.11 bits per heavy atom. The number of nitrogens with two attached hydrogens (primary N) is 1. The van der Waals surface area contributed by atoms with Gasteiger partial charge in [0.15, 0.2) is 0 Å². The van der Waals surface area contributed by atoms with E-state index >= 15 is 0 Å². The van der Waals surface area contributed by atoms with E-state index < -0.39 is 5.91 Å². The summed E-state index contributed by atoms with van der Waals surface area (Å²) in [5, 5.41) is 3.30. The molecule has 2 rings (SSSR count). The van der Waals surface area contributed by atoms with Crippen molar-refractivity contribution in [2.45, 2.75) is 26.4 Å². The van der Waals surface area contributed by atoms with Crippen LogP contribution >= 0.6 is 0 Å². The van der Waals surface area contributed by atoms with Crippen LogP contribution < -0.4 is 11.1 Å². The van der Waals surface area contributed by atoms with Crippen LogP contribution in [-0.4, -0.2) is 15.5 Å². The van der Waals surface area contributed by atoms with Crippen molar-refractivity contribution in [1.29, 1.82) is 0 Å².